The highest BCUT2D eigenvalue weighted by molar-refractivity contribution is 9.09. The van der Waals surface area contributed by atoms with E-state index in [-0.39, 0.29) is 6.61 Å². The summed E-state index contributed by atoms with van der Waals surface area (Å²) in [4.78, 5) is 12.3. The molecule has 0 unspecified atom stereocenters. The van der Waals surface area contributed by atoms with Crippen LogP contribution in [0.1, 0.15) is 51.0 Å². The van der Waals surface area contributed by atoms with Crippen LogP contribution in [0.5, 0.6) is 0 Å². The van der Waals surface area contributed by atoms with Gasteiger partial charge in [-0.3, -0.25) is 0 Å². The number of halogens is 3. The van der Waals surface area contributed by atoms with Crippen molar-refractivity contribution in [1.29, 1.82) is 0 Å². The molecule has 0 aliphatic carbocycles. The summed E-state index contributed by atoms with van der Waals surface area (Å²) < 4.78 is 17.1. The summed E-state index contributed by atoms with van der Waals surface area (Å²) in [6.45, 7) is 2.73. The minimum atomic E-state index is -1.12. The van der Waals surface area contributed by atoms with Crippen molar-refractivity contribution >= 4 is 45.1 Å². The third-order valence-corrected chi connectivity index (χ3v) is 5.61. The van der Waals surface area contributed by atoms with Crippen LogP contribution in [0.3, 0.4) is 0 Å². The molecule has 0 spiro atoms. The molecule has 0 bridgehead atoms. The molecule has 1 fully saturated rings. The molecule has 2 rings (SSSR count). The second-order valence-electron chi connectivity index (χ2n) is 6.36. The Morgan fingerprint density at radius 1 is 1.27 bits per heavy atom. The molecule has 0 N–H and O–H groups in total. The van der Waals surface area contributed by atoms with Crippen molar-refractivity contribution in [2.24, 2.45) is 0 Å². The van der Waals surface area contributed by atoms with Crippen molar-refractivity contribution < 1.29 is 19.0 Å². The second kappa shape index (κ2) is 10.9. The Morgan fingerprint density at radius 3 is 2.69 bits per heavy atom. The number of benzene rings is 1. The first kappa shape index (κ1) is 22.0. The minimum absolute atomic E-state index is 0.125. The number of rotatable bonds is 10. The molecule has 0 saturated carbocycles. The zero-order valence-electron chi connectivity index (χ0n) is 14.9. The minimum Gasteiger partial charge on any atom is -0.464 e. The van der Waals surface area contributed by atoms with E-state index in [0.29, 0.717) is 27.5 Å². The van der Waals surface area contributed by atoms with Crippen molar-refractivity contribution in [1.82, 2.24) is 0 Å². The van der Waals surface area contributed by atoms with Crippen LogP contribution in [0.4, 0.5) is 0 Å². The SMILES string of the molecule is CCCCCCCCOC(=O)[C@@H]1CO[C@@](CBr)(c2ccc(Cl)cc2Cl)O1. The lowest BCUT2D eigenvalue weighted by molar-refractivity contribution is -0.177. The Labute approximate surface area is 173 Å². The van der Waals surface area contributed by atoms with Crippen molar-refractivity contribution in [3.63, 3.8) is 0 Å². The molecule has 1 heterocycles. The van der Waals surface area contributed by atoms with Gasteiger partial charge in [0, 0.05) is 10.6 Å². The normalized spacial score (nSPS) is 22.5. The molecule has 1 aliphatic heterocycles. The summed E-state index contributed by atoms with van der Waals surface area (Å²) in [5.41, 5.74) is 0.631. The van der Waals surface area contributed by atoms with Gasteiger partial charge in [-0.25, -0.2) is 4.79 Å². The average molecular weight is 468 g/mol. The number of unbranched alkanes of at least 4 members (excludes halogenated alkanes) is 5. The van der Waals surface area contributed by atoms with Gasteiger partial charge in [0.15, 0.2) is 6.10 Å². The quantitative estimate of drug-likeness (QED) is 0.245. The summed E-state index contributed by atoms with van der Waals surface area (Å²) >= 11 is 15.6. The van der Waals surface area contributed by atoms with Gasteiger partial charge in [-0.05, 0) is 18.6 Å². The maximum atomic E-state index is 12.3. The predicted octanol–water partition coefficient (Wildman–Crippen LogP) is 5.86. The molecule has 26 heavy (non-hydrogen) atoms. The first-order valence-corrected chi connectivity index (χ1v) is 10.9. The number of ether oxygens (including phenoxy) is 3. The molecular formula is C19H25BrCl2O4. The fourth-order valence-corrected chi connectivity index (χ4v) is 4.00. The number of esters is 1. The van der Waals surface area contributed by atoms with Gasteiger partial charge >= 0.3 is 5.97 Å². The maximum absolute atomic E-state index is 12.3. The Morgan fingerprint density at radius 2 is 2.00 bits per heavy atom. The zero-order chi connectivity index (χ0) is 19.0. The molecule has 0 aromatic heterocycles. The number of alkyl halides is 1. The van der Waals surface area contributed by atoms with Gasteiger partial charge < -0.3 is 14.2 Å². The largest absolute Gasteiger partial charge is 0.464 e. The van der Waals surface area contributed by atoms with Crippen LogP contribution < -0.4 is 0 Å². The van der Waals surface area contributed by atoms with E-state index >= 15 is 0 Å². The Bertz CT molecular complexity index is 599. The molecule has 4 nitrogen and oxygen atoms in total. The molecule has 0 amide bonds. The summed E-state index contributed by atoms with van der Waals surface area (Å²) in [7, 11) is 0. The number of carbonyl (C=O) groups excluding carboxylic acids is 1. The molecule has 1 saturated heterocycles. The van der Waals surface area contributed by atoms with Crippen molar-refractivity contribution in [2.75, 3.05) is 18.5 Å². The van der Waals surface area contributed by atoms with E-state index in [9.17, 15) is 4.79 Å². The summed E-state index contributed by atoms with van der Waals surface area (Å²) in [6, 6.07) is 5.08. The van der Waals surface area contributed by atoms with Gasteiger partial charge in [-0.15, -0.1) is 0 Å². The highest BCUT2D eigenvalue weighted by Crippen LogP contribution is 2.40. The monoisotopic (exact) mass is 466 g/mol. The molecule has 1 aromatic rings. The fourth-order valence-electron chi connectivity index (χ4n) is 2.85. The van der Waals surface area contributed by atoms with E-state index in [1.807, 2.05) is 0 Å². The van der Waals surface area contributed by atoms with Crippen molar-refractivity contribution in [3.05, 3.63) is 33.8 Å². The van der Waals surface area contributed by atoms with Crippen molar-refractivity contribution in [3.8, 4) is 0 Å². The molecule has 7 heteroatoms. The fraction of sp³-hybridized carbons (Fsp3) is 0.632. The molecule has 146 valence electrons. The second-order valence-corrected chi connectivity index (χ2v) is 7.77. The topological polar surface area (TPSA) is 44.8 Å². The Hall–Kier alpha value is -0.330. The molecule has 2 atom stereocenters. The van der Waals surface area contributed by atoms with E-state index in [1.54, 1.807) is 18.2 Å². The maximum Gasteiger partial charge on any atom is 0.337 e. The Kier molecular flexibility index (Phi) is 9.18. The van der Waals surface area contributed by atoms with E-state index < -0.39 is 17.9 Å². The highest BCUT2D eigenvalue weighted by atomic mass is 79.9. The van der Waals surface area contributed by atoms with Crippen molar-refractivity contribution in [2.45, 2.75) is 57.3 Å². The van der Waals surface area contributed by atoms with Crippen LogP contribution in [-0.4, -0.2) is 30.6 Å². The van der Waals surface area contributed by atoms with Crippen LogP contribution in [0.15, 0.2) is 18.2 Å². The first-order valence-electron chi connectivity index (χ1n) is 9.02. The number of carbonyl (C=O) groups is 1. The highest BCUT2D eigenvalue weighted by Gasteiger charge is 2.46. The smallest absolute Gasteiger partial charge is 0.337 e. The third kappa shape index (κ3) is 5.83. The average Bonchev–Trinajstić information content (AvgIpc) is 3.06. The summed E-state index contributed by atoms with van der Waals surface area (Å²) in [5.74, 6) is -1.52. The van der Waals surface area contributed by atoms with Gasteiger partial charge in [0.05, 0.1) is 23.6 Å². The van der Waals surface area contributed by atoms with Gasteiger partial charge in [0.25, 0.3) is 0 Å². The van der Waals surface area contributed by atoms with Gasteiger partial charge in [0.1, 0.15) is 0 Å². The molecule has 1 aliphatic rings. The number of hydrogen-bond acceptors (Lipinski definition) is 4. The van der Waals surface area contributed by atoms with Gasteiger partial charge in [0.2, 0.25) is 5.79 Å². The standard InChI is InChI=1S/C19H25BrCl2O4/c1-2-3-4-5-6-7-10-24-18(23)17-12-25-19(13-20,26-17)15-9-8-14(21)11-16(15)22/h8-9,11,17H,2-7,10,12-13H2,1H3/t17-,19+/m0/s1. The predicted molar refractivity (Wildman–Crippen MR) is 107 cm³/mol. The first-order chi connectivity index (χ1) is 12.5. The lowest BCUT2D eigenvalue weighted by Crippen LogP contribution is -2.33. The van der Waals surface area contributed by atoms with E-state index in [2.05, 4.69) is 22.9 Å². The van der Waals surface area contributed by atoms with Gasteiger partial charge in [-0.1, -0.05) is 84.2 Å². The molecule has 1 aromatic carbocycles. The van der Waals surface area contributed by atoms with Crippen LogP contribution in [0, 0.1) is 0 Å². The number of hydrogen-bond donors (Lipinski definition) is 0. The van der Waals surface area contributed by atoms with E-state index in [1.165, 1.54) is 25.7 Å². The van der Waals surface area contributed by atoms with Crippen LogP contribution in [-0.2, 0) is 24.8 Å². The van der Waals surface area contributed by atoms with E-state index in [0.717, 1.165) is 12.8 Å². The van der Waals surface area contributed by atoms with E-state index in [4.69, 9.17) is 37.4 Å². The summed E-state index contributed by atoms with van der Waals surface area (Å²) in [5, 5.41) is 1.29. The molecule has 0 radical (unpaired) electrons. The summed E-state index contributed by atoms with van der Waals surface area (Å²) in [6.07, 6.45) is 6.07. The zero-order valence-corrected chi connectivity index (χ0v) is 18.0. The molecular weight excluding hydrogens is 443 g/mol. The lowest BCUT2D eigenvalue weighted by atomic mass is 10.1. The van der Waals surface area contributed by atoms with Crippen LogP contribution in [0.2, 0.25) is 10.0 Å². The lowest BCUT2D eigenvalue weighted by Gasteiger charge is -2.27. The van der Waals surface area contributed by atoms with Crippen LogP contribution in [0.25, 0.3) is 0 Å². The van der Waals surface area contributed by atoms with Gasteiger partial charge in [-0.2, -0.15) is 0 Å². The van der Waals surface area contributed by atoms with Crippen LogP contribution >= 0.6 is 39.1 Å². The Balaban J connectivity index is 1.84. The third-order valence-electron chi connectivity index (χ3n) is 4.32.